The standard InChI is InChI=1S/C29H50O2/c1-19(2)10-9-11-20(3)27-26(31-21(4)30)18-25-23-14-13-22-12-7-8-16-28(22,5)24(23)15-17-29(25,27)6/h19-20,22-27H,7-18H2,1-6H3/t20-,22?,23-,24+,25+,26?,27+,28+,29+/m1/s1. The van der Waals surface area contributed by atoms with Crippen LogP contribution in [0.1, 0.15) is 119 Å². The van der Waals surface area contributed by atoms with E-state index in [1.807, 2.05) is 0 Å². The lowest BCUT2D eigenvalue weighted by Crippen LogP contribution is -2.53. The zero-order valence-electron chi connectivity index (χ0n) is 21.4. The second kappa shape index (κ2) is 9.02. The highest BCUT2D eigenvalue weighted by molar-refractivity contribution is 5.66. The van der Waals surface area contributed by atoms with Gasteiger partial charge in [-0.3, -0.25) is 4.79 Å². The highest BCUT2D eigenvalue weighted by atomic mass is 16.5. The number of hydrogen-bond acceptors (Lipinski definition) is 2. The van der Waals surface area contributed by atoms with Crippen LogP contribution in [0.3, 0.4) is 0 Å². The molecule has 31 heavy (non-hydrogen) atoms. The molecule has 4 aliphatic rings. The Bertz CT molecular complexity index is 641. The molecule has 0 aromatic rings. The molecule has 0 radical (unpaired) electrons. The number of carbonyl (C=O) groups is 1. The number of fused-ring (bicyclic) bond motifs is 5. The van der Waals surface area contributed by atoms with Crippen molar-refractivity contribution < 1.29 is 9.53 Å². The second-order valence-electron chi connectivity index (χ2n) is 13.2. The average Bonchev–Trinajstić information content (AvgIpc) is 2.98. The third-order valence-corrected chi connectivity index (χ3v) is 11.0. The molecule has 2 unspecified atom stereocenters. The number of esters is 1. The summed E-state index contributed by atoms with van der Waals surface area (Å²) in [5.74, 6) is 5.43. The minimum atomic E-state index is -0.0638. The molecule has 0 aromatic heterocycles. The molecule has 0 saturated heterocycles. The zero-order valence-corrected chi connectivity index (χ0v) is 21.4. The molecule has 2 nitrogen and oxygen atoms in total. The topological polar surface area (TPSA) is 26.3 Å². The molecule has 0 spiro atoms. The SMILES string of the molecule is CC(=O)OC1C[C@H]2[C@@H]3CCC4CCCC[C@]4(C)[C@H]3CC[C@]2(C)[C@H]1[C@H](C)CCCC(C)C. The van der Waals surface area contributed by atoms with Crippen LogP contribution in [0, 0.1) is 52.3 Å². The van der Waals surface area contributed by atoms with Crippen molar-refractivity contribution in [2.45, 2.75) is 125 Å². The monoisotopic (exact) mass is 430 g/mol. The molecule has 4 rings (SSSR count). The van der Waals surface area contributed by atoms with E-state index in [9.17, 15) is 4.79 Å². The van der Waals surface area contributed by atoms with Crippen LogP contribution in [-0.2, 0) is 9.53 Å². The van der Waals surface area contributed by atoms with E-state index in [-0.39, 0.29) is 12.1 Å². The minimum absolute atomic E-state index is 0.0638. The van der Waals surface area contributed by atoms with Crippen LogP contribution in [0.4, 0.5) is 0 Å². The summed E-state index contributed by atoms with van der Waals surface area (Å²) in [6.45, 7) is 14.0. The smallest absolute Gasteiger partial charge is 0.302 e. The van der Waals surface area contributed by atoms with E-state index in [2.05, 4.69) is 34.6 Å². The molecule has 0 bridgehead atoms. The lowest BCUT2D eigenvalue weighted by atomic mass is 9.44. The fourth-order valence-electron chi connectivity index (χ4n) is 9.70. The first-order valence-corrected chi connectivity index (χ1v) is 13.8. The van der Waals surface area contributed by atoms with Gasteiger partial charge >= 0.3 is 5.97 Å². The molecule has 0 aromatic carbocycles. The fourth-order valence-corrected chi connectivity index (χ4v) is 9.70. The number of carbonyl (C=O) groups excluding carboxylic acids is 1. The predicted molar refractivity (Wildman–Crippen MR) is 129 cm³/mol. The Morgan fingerprint density at radius 2 is 1.71 bits per heavy atom. The molecule has 0 N–H and O–H groups in total. The van der Waals surface area contributed by atoms with Crippen molar-refractivity contribution in [2.75, 3.05) is 0 Å². The summed E-state index contributed by atoms with van der Waals surface area (Å²) in [4.78, 5) is 12.1. The van der Waals surface area contributed by atoms with Gasteiger partial charge in [-0.25, -0.2) is 0 Å². The number of ether oxygens (including phenoxy) is 1. The molecule has 4 saturated carbocycles. The van der Waals surface area contributed by atoms with Crippen LogP contribution in [0.5, 0.6) is 0 Å². The summed E-state index contributed by atoms with van der Waals surface area (Å²) >= 11 is 0. The Hall–Kier alpha value is -0.530. The number of rotatable bonds is 6. The van der Waals surface area contributed by atoms with Gasteiger partial charge in [0, 0.05) is 12.8 Å². The van der Waals surface area contributed by atoms with E-state index in [0.717, 1.165) is 36.0 Å². The summed E-state index contributed by atoms with van der Waals surface area (Å²) in [5.41, 5.74) is 0.941. The first kappa shape index (κ1) is 23.6. The highest BCUT2D eigenvalue weighted by Gasteiger charge is 2.63. The molecule has 178 valence electrons. The largest absolute Gasteiger partial charge is 0.462 e. The van der Waals surface area contributed by atoms with E-state index >= 15 is 0 Å². The minimum Gasteiger partial charge on any atom is -0.462 e. The van der Waals surface area contributed by atoms with Gasteiger partial charge in [-0.1, -0.05) is 66.7 Å². The van der Waals surface area contributed by atoms with Crippen molar-refractivity contribution in [3.05, 3.63) is 0 Å². The van der Waals surface area contributed by atoms with Gasteiger partial charge < -0.3 is 4.74 Å². The highest BCUT2D eigenvalue weighted by Crippen LogP contribution is 2.68. The summed E-state index contributed by atoms with van der Waals surface area (Å²) in [6, 6.07) is 0. The van der Waals surface area contributed by atoms with Crippen molar-refractivity contribution in [3.8, 4) is 0 Å². The Balaban J connectivity index is 1.57. The van der Waals surface area contributed by atoms with Crippen LogP contribution in [0.2, 0.25) is 0 Å². The summed E-state index contributed by atoms with van der Waals surface area (Å²) in [6.07, 6.45) is 16.7. The van der Waals surface area contributed by atoms with Crippen molar-refractivity contribution in [2.24, 2.45) is 52.3 Å². The molecule has 4 aliphatic carbocycles. The van der Waals surface area contributed by atoms with Gasteiger partial charge in [-0.05, 0) is 91.3 Å². The van der Waals surface area contributed by atoms with Gasteiger partial charge in [0.2, 0.25) is 0 Å². The van der Waals surface area contributed by atoms with E-state index in [1.54, 1.807) is 6.92 Å². The van der Waals surface area contributed by atoms with E-state index in [1.165, 1.54) is 70.6 Å². The van der Waals surface area contributed by atoms with Crippen molar-refractivity contribution in [1.29, 1.82) is 0 Å². The molecular formula is C29H50O2. The third-order valence-electron chi connectivity index (χ3n) is 11.0. The van der Waals surface area contributed by atoms with E-state index in [0.29, 0.717) is 22.7 Å². The lowest BCUT2D eigenvalue weighted by Gasteiger charge is -2.60. The van der Waals surface area contributed by atoms with Gasteiger partial charge in [0.05, 0.1) is 0 Å². The lowest BCUT2D eigenvalue weighted by molar-refractivity contribution is -0.150. The summed E-state index contributed by atoms with van der Waals surface area (Å²) in [5, 5.41) is 0. The number of hydrogen-bond donors (Lipinski definition) is 0. The predicted octanol–water partition coefficient (Wildman–Crippen LogP) is 8.04. The first-order valence-electron chi connectivity index (χ1n) is 13.8. The molecular weight excluding hydrogens is 380 g/mol. The van der Waals surface area contributed by atoms with E-state index < -0.39 is 0 Å². The molecule has 0 heterocycles. The Morgan fingerprint density at radius 1 is 0.935 bits per heavy atom. The summed E-state index contributed by atoms with van der Waals surface area (Å²) < 4.78 is 6.10. The Labute approximate surface area is 192 Å². The molecule has 0 amide bonds. The van der Waals surface area contributed by atoms with Gasteiger partial charge in [-0.2, -0.15) is 0 Å². The maximum Gasteiger partial charge on any atom is 0.302 e. The molecule has 0 aliphatic heterocycles. The average molecular weight is 431 g/mol. The Kier molecular flexibility index (Phi) is 6.87. The van der Waals surface area contributed by atoms with Crippen molar-refractivity contribution in [1.82, 2.24) is 0 Å². The first-order chi connectivity index (χ1) is 14.7. The van der Waals surface area contributed by atoms with Gasteiger partial charge in [-0.15, -0.1) is 0 Å². The zero-order chi connectivity index (χ0) is 22.4. The van der Waals surface area contributed by atoms with E-state index in [4.69, 9.17) is 4.74 Å². The quantitative estimate of drug-likeness (QED) is 0.398. The van der Waals surface area contributed by atoms with Crippen LogP contribution in [0.25, 0.3) is 0 Å². The van der Waals surface area contributed by atoms with Gasteiger partial charge in [0.15, 0.2) is 0 Å². The Morgan fingerprint density at radius 3 is 2.42 bits per heavy atom. The van der Waals surface area contributed by atoms with Gasteiger partial charge in [0.25, 0.3) is 0 Å². The summed E-state index contributed by atoms with van der Waals surface area (Å²) in [7, 11) is 0. The molecule has 2 heteroatoms. The maximum atomic E-state index is 12.1. The maximum absolute atomic E-state index is 12.1. The normalized spacial score (nSPS) is 45.5. The van der Waals surface area contributed by atoms with Crippen molar-refractivity contribution in [3.63, 3.8) is 0 Å². The molecule has 9 atom stereocenters. The fraction of sp³-hybridized carbons (Fsp3) is 0.966. The van der Waals surface area contributed by atoms with Crippen LogP contribution in [-0.4, -0.2) is 12.1 Å². The van der Waals surface area contributed by atoms with Gasteiger partial charge in [0.1, 0.15) is 6.10 Å². The molecule has 4 fully saturated rings. The van der Waals surface area contributed by atoms with Crippen LogP contribution in [0.15, 0.2) is 0 Å². The van der Waals surface area contributed by atoms with Crippen molar-refractivity contribution >= 4 is 5.97 Å². The second-order valence-corrected chi connectivity index (χ2v) is 13.2. The van der Waals surface area contributed by atoms with Crippen LogP contribution >= 0.6 is 0 Å². The third kappa shape index (κ3) is 4.23. The van der Waals surface area contributed by atoms with Crippen LogP contribution < -0.4 is 0 Å².